The van der Waals surface area contributed by atoms with Crippen molar-refractivity contribution in [2.75, 3.05) is 38.1 Å². The molecule has 1 N–H and O–H groups in total. The summed E-state index contributed by atoms with van der Waals surface area (Å²) in [6.07, 6.45) is 1.96. The van der Waals surface area contributed by atoms with Gasteiger partial charge in [0.05, 0.1) is 5.69 Å². The molecule has 2 unspecified atom stereocenters. The maximum absolute atomic E-state index is 4.51. The lowest BCUT2D eigenvalue weighted by Gasteiger charge is -2.19. The van der Waals surface area contributed by atoms with Crippen LogP contribution in [0.1, 0.15) is 0 Å². The minimum absolute atomic E-state index is 0.785. The van der Waals surface area contributed by atoms with E-state index in [4.69, 9.17) is 0 Å². The minimum Gasteiger partial charge on any atom is -0.361 e. The molecule has 3 aromatic rings. The van der Waals surface area contributed by atoms with Crippen LogP contribution in [0.25, 0.3) is 22.2 Å². The number of anilines is 1. The fourth-order valence-electron chi connectivity index (χ4n) is 4.28. The third-order valence-corrected chi connectivity index (χ3v) is 5.49. The van der Waals surface area contributed by atoms with Gasteiger partial charge in [-0.25, -0.2) is 0 Å². The number of likely N-dealkylation sites (tertiary alicyclic amines) is 1. The van der Waals surface area contributed by atoms with Crippen molar-refractivity contribution in [3.8, 4) is 11.3 Å². The predicted octanol–water partition coefficient (Wildman–Crippen LogP) is 2.62. The molecule has 0 radical (unpaired) electrons. The molecule has 5 nitrogen and oxygen atoms in total. The molecule has 0 aliphatic carbocycles. The van der Waals surface area contributed by atoms with Crippen molar-refractivity contribution in [1.82, 2.24) is 20.1 Å². The summed E-state index contributed by atoms with van der Waals surface area (Å²) in [4.78, 5) is 8.06. The van der Waals surface area contributed by atoms with Crippen LogP contribution in [0, 0.1) is 11.8 Å². The Bertz CT molecular complexity index is 855. The van der Waals surface area contributed by atoms with Crippen LogP contribution >= 0.6 is 0 Å². The summed E-state index contributed by atoms with van der Waals surface area (Å²) in [6, 6.07) is 12.6. The van der Waals surface area contributed by atoms with E-state index in [1.807, 2.05) is 6.20 Å². The van der Waals surface area contributed by atoms with Crippen molar-refractivity contribution in [3.63, 3.8) is 0 Å². The molecule has 2 saturated heterocycles. The smallest absolute Gasteiger partial charge is 0.151 e. The van der Waals surface area contributed by atoms with Gasteiger partial charge in [-0.1, -0.05) is 6.07 Å². The molecule has 0 saturated carbocycles. The molecule has 122 valence electrons. The summed E-state index contributed by atoms with van der Waals surface area (Å²) >= 11 is 0. The summed E-state index contributed by atoms with van der Waals surface area (Å²) in [5.41, 5.74) is 3.19. The van der Waals surface area contributed by atoms with Gasteiger partial charge in [0.15, 0.2) is 5.82 Å². The van der Waals surface area contributed by atoms with E-state index in [2.05, 4.69) is 68.4 Å². The topological polar surface area (TPSA) is 48.0 Å². The Morgan fingerprint density at radius 3 is 2.54 bits per heavy atom. The molecule has 2 fully saturated rings. The average molecular weight is 318 g/mol. The average Bonchev–Trinajstić information content (AvgIpc) is 3.28. The first-order chi connectivity index (χ1) is 11.8. The molecule has 24 heavy (non-hydrogen) atoms. The van der Waals surface area contributed by atoms with Crippen LogP contribution in [0.15, 0.2) is 42.6 Å². The van der Waals surface area contributed by atoms with Gasteiger partial charge in [-0.15, -0.1) is 10.2 Å². The van der Waals surface area contributed by atoms with Crippen LogP contribution in [0.4, 0.5) is 5.82 Å². The molecule has 2 aromatic heterocycles. The first-order valence-electron chi connectivity index (χ1n) is 8.61. The van der Waals surface area contributed by atoms with Crippen molar-refractivity contribution >= 4 is 16.7 Å². The van der Waals surface area contributed by atoms with Crippen LogP contribution in [0.5, 0.6) is 0 Å². The lowest BCUT2D eigenvalue weighted by atomic mass is 10.0. The van der Waals surface area contributed by atoms with Gasteiger partial charge in [-0.3, -0.25) is 0 Å². The number of hydrogen-bond donors (Lipinski definition) is 1. The Balaban J connectivity index is 1.37. The lowest BCUT2D eigenvalue weighted by molar-refractivity contribution is 0.387. The number of nitrogens with zero attached hydrogens (tertiary/aromatic N) is 4. The zero-order valence-electron chi connectivity index (χ0n) is 13.8. The van der Waals surface area contributed by atoms with Gasteiger partial charge in [0.25, 0.3) is 0 Å². The SMILES string of the molecule is [11CH3]N1CC2CN(c3ccc(-c4ccc5[nH]ccc5c4)nn3)CC2C1. The van der Waals surface area contributed by atoms with Gasteiger partial charge in [0, 0.05) is 48.8 Å². The monoisotopic (exact) mass is 318 g/mol. The number of hydrogen-bond acceptors (Lipinski definition) is 4. The Morgan fingerprint density at radius 1 is 0.958 bits per heavy atom. The normalized spacial score (nSPS) is 24.0. The lowest BCUT2D eigenvalue weighted by Crippen LogP contribution is -2.27. The minimum atomic E-state index is 0.785. The maximum atomic E-state index is 4.51. The molecule has 0 amide bonds. The molecule has 2 aliphatic heterocycles. The second-order valence-corrected chi connectivity index (χ2v) is 7.20. The van der Waals surface area contributed by atoms with Crippen molar-refractivity contribution < 1.29 is 0 Å². The fourth-order valence-corrected chi connectivity index (χ4v) is 4.28. The Kier molecular flexibility index (Phi) is 3.10. The van der Waals surface area contributed by atoms with E-state index in [0.717, 1.165) is 47.5 Å². The quantitative estimate of drug-likeness (QED) is 0.789. The molecule has 2 atom stereocenters. The zero-order valence-corrected chi connectivity index (χ0v) is 13.8. The maximum Gasteiger partial charge on any atom is 0.151 e. The van der Waals surface area contributed by atoms with Crippen molar-refractivity contribution in [1.29, 1.82) is 0 Å². The second kappa shape index (κ2) is 5.31. The van der Waals surface area contributed by atoms with Crippen LogP contribution in [-0.4, -0.2) is 53.3 Å². The molecular weight excluding hydrogens is 297 g/mol. The third-order valence-electron chi connectivity index (χ3n) is 5.49. The van der Waals surface area contributed by atoms with E-state index >= 15 is 0 Å². The van der Waals surface area contributed by atoms with Crippen molar-refractivity contribution in [2.24, 2.45) is 11.8 Å². The second-order valence-electron chi connectivity index (χ2n) is 7.20. The standard InChI is InChI=1S/C19H21N5/c1-23-9-15-11-24(12-16(15)10-23)19-5-4-18(21-22-19)13-2-3-17-14(8-13)6-7-20-17/h2-8,15-16,20H,9-12H2,1H3/i1-1. The number of nitrogens with one attached hydrogen (secondary N) is 1. The van der Waals surface area contributed by atoms with E-state index in [0.29, 0.717) is 0 Å². The summed E-state index contributed by atoms with van der Waals surface area (Å²) in [5, 5.41) is 10.2. The van der Waals surface area contributed by atoms with Crippen LogP contribution in [0.2, 0.25) is 0 Å². The van der Waals surface area contributed by atoms with Gasteiger partial charge in [0.1, 0.15) is 0 Å². The molecular formula is C19H21N5. The highest BCUT2D eigenvalue weighted by Crippen LogP contribution is 2.32. The molecule has 5 heteroatoms. The van der Waals surface area contributed by atoms with Gasteiger partial charge < -0.3 is 14.8 Å². The first kappa shape index (κ1) is 14.0. The highest BCUT2D eigenvalue weighted by atomic mass is 15.3. The predicted molar refractivity (Wildman–Crippen MR) is 96.0 cm³/mol. The number of benzene rings is 1. The van der Waals surface area contributed by atoms with E-state index in [-0.39, 0.29) is 0 Å². The number of aromatic nitrogens is 3. The number of H-pyrrole nitrogens is 1. The van der Waals surface area contributed by atoms with Crippen LogP contribution in [-0.2, 0) is 0 Å². The van der Waals surface area contributed by atoms with Crippen LogP contribution in [0.3, 0.4) is 0 Å². The van der Waals surface area contributed by atoms with E-state index in [1.54, 1.807) is 0 Å². The Labute approximate surface area is 141 Å². The van der Waals surface area contributed by atoms with Gasteiger partial charge in [-0.05, 0) is 49.2 Å². The Hall–Kier alpha value is -2.40. The molecule has 1 aromatic carbocycles. The summed E-state index contributed by atoms with van der Waals surface area (Å²) in [7, 11) is 2.22. The molecule has 5 rings (SSSR count). The third kappa shape index (κ3) is 2.27. The fraction of sp³-hybridized carbons (Fsp3) is 0.368. The van der Waals surface area contributed by atoms with Crippen LogP contribution < -0.4 is 4.90 Å². The Morgan fingerprint density at radius 2 is 1.79 bits per heavy atom. The van der Waals surface area contributed by atoms with Crippen molar-refractivity contribution in [3.05, 3.63) is 42.6 Å². The largest absolute Gasteiger partial charge is 0.361 e. The first-order valence-corrected chi connectivity index (χ1v) is 8.61. The number of fused-ring (bicyclic) bond motifs is 2. The van der Waals surface area contributed by atoms with Gasteiger partial charge in [-0.2, -0.15) is 0 Å². The summed E-state index contributed by atoms with van der Waals surface area (Å²) in [6.45, 7) is 4.64. The van der Waals surface area contributed by atoms with Crippen molar-refractivity contribution in [2.45, 2.75) is 0 Å². The number of aromatic amines is 1. The van der Waals surface area contributed by atoms with E-state index in [9.17, 15) is 0 Å². The summed E-state index contributed by atoms with van der Waals surface area (Å²) in [5.74, 6) is 2.58. The van der Waals surface area contributed by atoms with E-state index < -0.39 is 0 Å². The summed E-state index contributed by atoms with van der Waals surface area (Å²) < 4.78 is 0. The highest BCUT2D eigenvalue weighted by molar-refractivity contribution is 5.84. The highest BCUT2D eigenvalue weighted by Gasteiger charge is 2.39. The van der Waals surface area contributed by atoms with Gasteiger partial charge >= 0.3 is 0 Å². The molecule has 0 spiro atoms. The molecule has 0 bridgehead atoms. The number of rotatable bonds is 2. The zero-order chi connectivity index (χ0) is 16.1. The van der Waals surface area contributed by atoms with Gasteiger partial charge in [0.2, 0.25) is 0 Å². The molecule has 2 aliphatic rings. The molecule has 4 heterocycles. The van der Waals surface area contributed by atoms with E-state index in [1.165, 1.54) is 18.5 Å².